The molecule has 110 valence electrons. The summed E-state index contributed by atoms with van der Waals surface area (Å²) in [5, 5.41) is 3.42. The molecular weight excluding hydrogens is 388 g/mol. The molecule has 1 aromatic rings. The van der Waals surface area contributed by atoms with Crippen LogP contribution in [0.3, 0.4) is 0 Å². The van der Waals surface area contributed by atoms with E-state index in [9.17, 15) is 4.79 Å². The lowest BCUT2D eigenvalue weighted by Crippen LogP contribution is -2.31. The maximum absolute atomic E-state index is 11.5. The number of nitrogens with one attached hydrogen (secondary N) is 1. The van der Waals surface area contributed by atoms with Crippen molar-refractivity contribution >= 4 is 37.8 Å². The zero-order valence-corrected chi connectivity index (χ0v) is 14.8. The molecule has 2 rings (SSSR count). The molecule has 1 N–H and O–H groups in total. The Morgan fingerprint density at radius 3 is 2.55 bits per heavy atom. The molecule has 1 fully saturated rings. The molecule has 0 spiro atoms. The van der Waals surface area contributed by atoms with Crippen LogP contribution in [0.5, 0.6) is 5.75 Å². The number of hydrogen-bond acceptors (Lipinski definition) is 3. The Kier molecular flexibility index (Phi) is 5.46. The molecule has 0 aromatic heterocycles. The number of ether oxygens (including phenoxy) is 1. The number of benzene rings is 1. The molecule has 4 nitrogen and oxygen atoms in total. The molecular formula is C14H18Br2N2O2. The third-order valence-electron chi connectivity index (χ3n) is 3.28. The fourth-order valence-electron chi connectivity index (χ4n) is 2.26. The first kappa shape index (κ1) is 15.8. The Bertz CT molecular complexity index is 485. The zero-order chi connectivity index (χ0) is 14.7. The van der Waals surface area contributed by atoms with E-state index in [1.54, 1.807) is 4.90 Å². The largest absolute Gasteiger partial charge is 0.492 e. The van der Waals surface area contributed by atoms with Gasteiger partial charge in [0.1, 0.15) is 5.75 Å². The van der Waals surface area contributed by atoms with Crippen LogP contribution in [0, 0.1) is 0 Å². The van der Waals surface area contributed by atoms with Gasteiger partial charge in [-0.2, -0.15) is 0 Å². The van der Waals surface area contributed by atoms with Gasteiger partial charge in [-0.05, 0) is 56.5 Å². The van der Waals surface area contributed by atoms with Crippen molar-refractivity contribution < 1.29 is 9.53 Å². The van der Waals surface area contributed by atoms with Crippen molar-refractivity contribution in [2.24, 2.45) is 0 Å². The molecule has 1 heterocycles. The summed E-state index contributed by atoms with van der Waals surface area (Å²) in [4.78, 5) is 13.2. The highest BCUT2D eigenvalue weighted by Gasteiger charge is 2.26. The summed E-state index contributed by atoms with van der Waals surface area (Å²) in [5.74, 6) is 1.03. The molecule has 0 radical (unpaired) electrons. The minimum atomic E-state index is 0.205. The molecule has 1 saturated heterocycles. The van der Waals surface area contributed by atoms with Crippen LogP contribution in [0.25, 0.3) is 0 Å². The van der Waals surface area contributed by atoms with E-state index in [0.717, 1.165) is 33.3 Å². The number of carbonyl (C=O) groups excluding carboxylic acids is 1. The van der Waals surface area contributed by atoms with Gasteiger partial charge >= 0.3 is 0 Å². The molecule has 20 heavy (non-hydrogen) atoms. The Hall–Kier alpha value is -0.590. The summed E-state index contributed by atoms with van der Waals surface area (Å²) in [7, 11) is 1.84. The summed E-state index contributed by atoms with van der Waals surface area (Å²) in [6.07, 6.45) is 0.579. The van der Waals surface area contributed by atoms with Crippen molar-refractivity contribution in [1.29, 1.82) is 0 Å². The first-order chi connectivity index (χ1) is 9.51. The van der Waals surface area contributed by atoms with Crippen molar-refractivity contribution in [2.45, 2.75) is 25.9 Å². The van der Waals surface area contributed by atoms with Crippen LogP contribution in [0.2, 0.25) is 0 Å². The maximum Gasteiger partial charge on any atom is 0.224 e. The molecule has 0 unspecified atom stereocenters. The highest BCUT2D eigenvalue weighted by atomic mass is 79.9. The van der Waals surface area contributed by atoms with Gasteiger partial charge in [-0.1, -0.05) is 0 Å². The molecule has 1 amide bonds. The summed E-state index contributed by atoms with van der Waals surface area (Å²) >= 11 is 7.05. The van der Waals surface area contributed by atoms with Crippen molar-refractivity contribution in [1.82, 2.24) is 10.2 Å². The van der Waals surface area contributed by atoms with Crippen LogP contribution in [0.4, 0.5) is 0 Å². The Labute approximate surface area is 136 Å². The van der Waals surface area contributed by atoms with Gasteiger partial charge < -0.3 is 15.0 Å². The van der Waals surface area contributed by atoms with E-state index in [0.29, 0.717) is 13.0 Å². The monoisotopic (exact) mass is 404 g/mol. The molecule has 0 bridgehead atoms. The second kappa shape index (κ2) is 6.91. The summed E-state index contributed by atoms with van der Waals surface area (Å²) in [6.45, 7) is 4.10. The van der Waals surface area contributed by atoms with E-state index in [4.69, 9.17) is 4.74 Å². The van der Waals surface area contributed by atoms with E-state index in [2.05, 4.69) is 37.2 Å². The lowest BCUT2D eigenvalue weighted by molar-refractivity contribution is -0.126. The van der Waals surface area contributed by atoms with Crippen LogP contribution in [0.15, 0.2) is 21.1 Å². The number of rotatable bonds is 5. The fraction of sp³-hybridized carbons (Fsp3) is 0.500. The van der Waals surface area contributed by atoms with E-state index < -0.39 is 0 Å². The smallest absolute Gasteiger partial charge is 0.224 e. The number of likely N-dealkylation sites (N-methyl/N-ethyl adjacent to an activating group) is 1. The Morgan fingerprint density at radius 1 is 1.40 bits per heavy atom. The van der Waals surface area contributed by atoms with Crippen LogP contribution in [-0.2, 0) is 11.3 Å². The SMILES string of the molecule is CCOc1c(Br)cc(CN[C@H]2CC(=O)N(C)C2)cc1Br. The fourth-order valence-corrected chi connectivity index (χ4v) is 3.77. The minimum absolute atomic E-state index is 0.205. The normalized spacial score (nSPS) is 18.7. The first-order valence-electron chi connectivity index (χ1n) is 6.59. The number of likely N-dealkylation sites (tertiary alicyclic amines) is 1. The van der Waals surface area contributed by atoms with Gasteiger partial charge in [0.05, 0.1) is 15.6 Å². The standard InChI is InChI=1S/C14H18Br2N2O2/c1-3-20-14-11(15)4-9(5-12(14)16)7-17-10-6-13(19)18(2)8-10/h4-5,10,17H,3,6-8H2,1-2H3/t10-/m0/s1. The number of carbonyl (C=O) groups is 1. The number of halogens is 2. The Balaban J connectivity index is 1.98. The third-order valence-corrected chi connectivity index (χ3v) is 4.46. The molecule has 1 aromatic carbocycles. The number of amides is 1. The predicted octanol–water partition coefficient (Wildman–Crippen LogP) is 2.93. The van der Waals surface area contributed by atoms with E-state index >= 15 is 0 Å². The van der Waals surface area contributed by atoms with Crippen LogP contribution in [0.1, 0.15) is 18.9 Å². The molecule has 1 aliphatic heterocycles. The van der Waals surface area contributed by atoms with Crippen LogP contribution >= 0.6 is 31.9 Å². The first-order valence-corrected chi connectivity index (χ1v) is 8.18. The van der Waals surface area contributed by atoms with Crippen molar-refractivity contribution in [3.8, 4) is 5.75 Å². The Morgan fingerprint density at radius 2 is 2.05 bits per heavy atom. The molecule has 0 saturated carbocycles. The van der Waals surface area contributed by atoms with Crippen LogP contribution in [-0.4, -0.2) is 37.0 Å². The van der Waals surface area contributed by atoms with Gasteiger partial charge in [0.15, 0.2) is 0 Å². The lowest BCUT2D eigenvalue weighted by Gasteiger charge is -2.14. The van der Waals surface area contributed by atoms with E-state index in [1.807, 2.05) is 26.1 Å². The number of nitrogens with zero attached hydrogens (tertiary/aromatic N) is 1. The van der Waals surface area contributed by atoms with Gasteiger partial charge in [0, 0.05) is 32.6 Å². The van der Waals surface area contributed by atoms with Crippen molar-refractivity contribution in [3.63, 3.8) is 0 Å². The highest BCUT2D eigenvalue weighted by Crippen LogP contribution is 2.34. The summed E-state index contributed by atoms with van der Waals surface area (Å²) < 4.78 is 7.43. The zero-order valence-electron chi connectivity index (χ0n) is 11.6. The van der Waals surface area contributed by atoms with Gasteiger partial charge in [-0.25, -0.2) is 0 Å². The van der Waals surface area contributed by atoms with E-state index in [1.165, 1.54) is 0 Å². The predicted molar refractivity (Wildman–Crippen MR) is 85.9 cm³/mol. The molecule has 0 aliphatic carbocycles. The maximum atomic E-state index is 11.5. The van der Waals surface area contributed by atoms with E-state index in [-0.39, 0.29) is 11.9 Å². The average Bonchev–Trinajstić information content (AvgIpc) is 2.71. The van der Waals surface area contributed by atoms with Crippen molar-refractivity contribution in [2.75, 3.05) is 20.2 Å². The third kappa shape index (κ3) is 3.74. The van der Waals surface area contributed by atoms with Gasteiger partial charge in [-0.15, -0.1) is 0 Å². The average molecular weight is 406 g/mol. The van der Waals surface area contributed by atoms with Gasteiger partial charge in [-0.3, -0.25) is 4.79 Å². The topological polar surface area (TPSA) is 41.6 Å². The minimum Gasteiger partial charge on any atom is -0.492 e. The second-order valence-electron chi connectivity index (χ2n) is 4.88. The summed E-state index contributed by atoms with van der Waals surface area (Å²) in [5.41, 5.74) is 1.15. The van der Waals surface area contributed by atoms with Crippen molar-refractivity contribution in [3.05, 3.63) is 26.6 Å². The molecule has 1 aliphatic rings. The lowest BCUT2D eigenvalue weighted by atomic mass is 10.2. The van der Waals surface area contributed by atoms with Crippen LogP contribution < -0.4 is 10.1 Å². The second-order valence-corrected chi connectivity index (χ2v) is 6.59. The molecule has 6 heteroatoms. The number of hydrogen-bond donors (Lipinski definition) is 1. The van der Waals surface area contributed by atoms with Gasteiger partial charge in [0.2, 0.25) is 5.91 Å². The molecule has 1 atom stereocenters. The summed E-state index contributed by atoms with van der Waals surface area (Å²) in [6, 6.07) is 4.32. The highest BCUT2D eigenvalue weighted by molar-refractivity contribution is 9.11. The van der Waals surface area contributed by atoms with Gasteiger partial charge in [0.25, 0.3) is 0 Å². The quantitative estimate of drug-likeness (QED) is 0.818.